The highest BCUT2D eigenvalue weighted by molar-refractivity contribution is 6.04. The Bertz CT molecular complexity index is 1260. The number of aryl methyl sites for hydroxylation is 1. The Morgan fingerprint density at radius 1 is 0.943 bits per heavy atom. The summed E-state index contributed by atoms with van der Waals surface area (Å²) >= 11 is 0. The molecule has 0 aliphatic carbocycles. The fourth-order valence-electron chi connectivity index (χ4n) is 3.58. The largest absolute Gasteiger partial charge is 0.497 e. The third-order valence-electron chi connectivity index (χ3n) is 5.22. The van der Waals surface area contributed by atoms with E-state index < -0.39 is 18.4 Å². The molecular formula is C26H26N2O7. The van der Waals surface area contributed by atoms with Gasteiger partial charge >= 0.3 is 5.97 Å². The first-order chi connectivity index (χ1) is 16.7. The minimum absolute atomic E-state index is 0.146. The van der Waals surface area contributed by atoms with E-state index in [1.54, 1.807) is 38.1 Å². The number of hydrogen-bond donors (Lipinski definition) is 2. The van der Waals surface area contributed by atoms with Crippen LogP contribution < -0.4 is 14.8 Å². The van der Waals surface area contributed by atoms with Crippen LogP contribution in [0.4, 0.5) is 5.69 Å². The number of methoxy groups -OCH3 is 1. The quantitative estimate of drug-likeness (QED) is 0.335. The van der Waals surface area contributed by atoms with Crippen molar-refractivity contribution in [3.63, 3.8) is 0 Å². The number of benzene rings is 2. The fourth-order valence-corrected chi connectivity index (χ4v) is 3.58. The van der Waals surface area contributed by atoms with Crippen molar-refractivity contribution in [2.75, 3.05) is 25.6 Å². The molecule has 2 aromatic carbocycles. The first-order valence-electron chi connectivity index (χ1n) is 10.8. The third kappa shape index (κ3) is 6.35. The van der Waals surface area contributed by atoms with Gasteiger partial charge in [0.15, 0.2) is 19.0 Å². The number of aromatic amines is 1. The summed E-state index contributed by atoms with van der Waals surface area (Å²) in [6, 6.07) is 12.9. The highest BCUT2D eigenvalue weighted by atomic mass is 16.5. The second-order valence-corrected chi connectivity index (χ2v) is 7.77. The zero-order chi connectivity index (χ0) is 25.5. The number of H-pyrrole nitrogens is 1. The highest BCUT2D eigenvalue weighted by Crippen LogP contribution is 2.20. The Hall–Kier alpha value is -4.40. The van der Waals surface area contributed by atoms with Crippen molar-refractivity contribution in [3.8, 4) is 11.5 Å². The van der Waals surface area contributed by atoms with Gasteiger partial charge in [-0.1, -0.05) is 6.07 Å². The zero-order valence-electron chi connectivity index (χ0n) is 19.9. The van der Waals surface area contributed by atoms with Crippen molar-refractivity contribution in [3.05, 3.63) is 76.6 Å². The number of amides is 1. The molecule has 9 nitrogen and oxygen atoms in total. The number of aromatic nitrogens is 1. The maximum Gasteiger partial charge on any atom is 0.338 e. The van der Waals surface area contributed by atoms with E-state index in [0.29, 0.717) is 34.0 Å². The van der Waals surface area contributed by atoms with Crippen molar-refractivity contribution < 1.29 is 33.4 Å². The van der Waals surface area contributed by atoms with Crippen molar-refractivity contribution in [2.45, 2.75) is 20.8 Å². The van der Waals surface area contributed by atoms with Gasteiger partial charge in [0.05, 0.1) is 18.4 Å². The van der Waals surface area contributed by atoms with Gasteiger partial charge in [0.25, 0.3) is 5.91 Å². The second kappa shape index (κ2) is 11.1. The number of ether oxygens (including phenoxy) is 3. The smallest absolute Gasteiger partial charge is 0.338 e. The molecule has 0 saturated heterocycles. The van der Waals surface area contributed by atoms with E-state index in [1.807, 2.05) is 0 Å². The molecule has 35 heavy (non-hydrogen) atoms. The van der Waals surface area contributed by atoms with Gasteiger partial charge in [0.2, 0.25) is 5.78 Å². The molecule has 0 unspecified atom stereocenters. The molecule has 0 bridgehead atoms. The van der Waals surface area contributed by atoms with Crippen LogP contribution in [0.15, 0.2) is 48.5 Å². The van der Waals surface area contributed by atoms with Crippen LogP contribution in [0.2, 0.25) is 0 Å². The second-order valence-electron chi connectivity index (χ2n) is 7.77. The Labute approximate surface area is 202 Å². The van der Waals surface area contributed by atoms with E-state index in [0.717, 1.165) is 0 Å². The summed E-state index contributed by atoms with van der Waals surface area (Å²) in [4.78, 5) is 51.5. The molecular weight excluding hydrogens is 452 g/mol. The number of esters is 1. The van der Waals surface area contributed by atoms with Crippen molar-refractivity contribution in [1.82, 2.24) is 4.98 Å². The zero-order valence-corrected chi connectivity index (χ0v) is 19.9. The first kappa shape index (κ1) is 25.2. The van der Waals surface area contributed by atoms with Crippen LogP contribution in [-0.4, -0.2) is 48.8 Å². The molecule has 0 fully saturated rings. The van der Waals surface area contributed by atoms with Gasteiger partial charge in [-0.15, -0.1) is 0 Å². The third-order valence-corrected chi connectivity index (χ3v) is 5.22. The molecule has 9 heteroatoms. The normalized spacial score (nSPS) is 10.4. The van der Waals surface area contributed by atoms with Crippen molar-refractivity contribution in [1.29, 1.82) is 0 Å². The number of hydrogen-bond acceptors (Lipinski definition) is 7. The lowest BCUT2D eigenvalue weighted by Crippen LogP contribution is -2.20. The summed E-state index contributed by atoms with van der Waals surface area (Å²) in [6.07, 6.45) is 0. The number of ketones is 2. The molecule has 0 saturated carbocycles. The van der Waals surface area contributed by atoms with Crippen molar-refractivity contribution >= 4 is 29.1 Å². The molecule has 1 heterocycles. The van der Waals surface area contributed by atoms with Crippen LogP contribution in [0, 0.1) is 13.8 Å². The predicted octanol–water partition coefficient (Wildman–Crippen LogP) is 3.90. The standard InChI is InChI=1S/C26H26N2O7/c1-15-24(17(3)29)16(2)27-25(15)22(30)13-35-26(32)18-8-10-20(11-9-18)34-14-23(31)28-19-6-5-7-21(12-19)33-4/h5-12,27H,13-14H2,1-4H3,(H,28,31). The molecule has 0 spiro atoms. The molecule has 3 rings (SSSR count). The van der Waals surface area contributed by atoms with E-state index >= 15 is 0 Å². The van der Waals surface area contributed by atoms with Crippen LogP contribution in [-0.2, 0) is 9.53 Å². The van der Waals surface area contributed by atoms with E-state index in [4.69, 9.17) is 14.2 Å². The minimum atomic E-state index is -0.687. The molecule has 0 aliphatic heterocycles. The number of rotatable bonds is 10. The van der Waals surface area contributed by atoms with Gasteiger partial charge in [-0.05, 0) is 62.7 Å². The van der Waals surface area contributed by atoms with E-state index in [-0.39, 0.29) is 29.6 Å². The van der Waals surface area contributed by atoms with Gasteiger partial charge in [-0.2, -0.15) is 0 Å². The predicted molar refractivity (Wildman–Crippen MR) is 128 cm³/mol. The topological polar surface area (TPSA) is 124 Å². The molecule has 1 aromatic heterocycles. The summed E-state index contributed by atoms with van der Waals surface area (Å²) in [6.45, 7) is 4.11. The van der Waals surface area contributed by atoms with E-state index in [1.165, 1.54) is 38.3 Å². The van der Waals surface area contributed by atoms with Crippen LogP contribution in [0.25, 0.3) is 0 Å². The molecule has 3 aromatic rings. The van der Waals surface area contributed by atoms with Gasteiger partial charge in [-0.3, -0.25) is 14.4 Å². The maximum atomic E-state index is 12.5. The molecule has 0 atom stereocenters. The molecule has 0 radical (unpaired) electrons. The lowest BCUT2D eigenvalue weighted by atomic mass is 10.1. The molecule has 2 N–H and O–H groups in total. The number of Topliss-reactive ketones (excluding diaryl/α,β-unsaturated/α-hetero) is 2. The number of nitrogens with one attached hydrogen (secondary N) is 2. The SMILES string of the molecule is COc1cccc(NC(=O)COc2ccc(C(=O)OCC(=O)c3[nH]c(C)c(C(C)=O)c3C)cc2)c1. The number of anilines is 1. The average Bonchev–Trinajstić information content (AvgIpc) is 3.15. The Kier molecular flexibility index (Phi) is 8.04. The van der Waals surface area contributed by atoms with Gasteiger partial charge in [0, 0.05) is 23.0 Å². The van der Waals surface area contributed by atoms with Crippen LogP contribution >= 0.6 is 0 Å². The van der Waals surface area contributed by atoms with Crippen LogP contribution in [0.3, 0.4) is 0 Å². The Morgan fingerprint density at radius 2 is 1.66 bits per heavy atom. The minimum Gasteiger partial charge on any atom is -0.497 e. The Balaban J connectivity index is 1.50. The lowest BCUT2D eigenvalue weighted by molar-refractivity contribution is -0.118. The summed E-state index contributed by atoms with van der Waals surface area (Å²) in [7, 11) is 1.54. The summed E-state index contributed by atoms with van der Waals surface area (Å²) < 4.78 is 15.7. The molecule has 1 amide bonds. The first-order valence-corrected chi connectivity index (χ1v) is 10.8. The molecule has 182 valence electrons. The lowest BCUT2D eigenvalue weighted by Gasteiger charge is -2.09. The number of carbonyl (C=O) groups excluding carboxylic acids is 4. The van der Waals surface area contributed by atoms with E-state index in [2.05, 4.69) is 10.3 Å². The van der Waals surface area contributed by atoms with Crippen LogP contribution in [0.1, 0.15) is 49.4 Å². The summed E-state index contributed by atoms with van der Waals surface area (Å²) in [5.41, 5.74) is 2.64. The maximum absolute atomic E-state index is 12.5. The van der Waals surface area contributed by atoms with E-state index in [9.17, 15) is 19.2 Å². The van der Waals surface area contributed by atoms with Gasteiger partial charge in [0.1, 0.15) is 11.5 Å². The summed E-state index contributed by atoms with van der Waals surface area (Å²) in [5, 5.41) is 2.70. The monoisotopic (exact) mass is 478 g/mol. The Morgan fingerprint density at radius 3 is 2.29 bits per heavy atom. The highest BCUT2D eigenvalue weighted by Gasteiger charge is 2.21. The fraction of sp³-hybridized carbons (Fsp3) is 0.231. The van der Waals surface area contributed by atoms with Crippen molar-refractivity contribution in [2.24, 2.45) is 0 Å². The number of carbonyl (C=O) groups is 4. The van der Waals surface area contributed by atoms with Gasteiger partial charge in [-0.25, -0.2) is 4.79 Å². The summed E-state index contributed by atoms with van der Waals surface area (Å²) in [5.74, 6) is -0.628. The average molecular weight is 479 g/mol. The van der Waals surface area contributed by atoms with Crippen LogP contribution in [0.5, 0.6) is 11.5 Å². The van der Waals surface area contributed by atoms with Gasteiger partial charge < -0.3 is 24.5 Å². The molecule has 0 aliphatic rings.